The molecule has 1 aliphatic heterocycles. The molecule has 0 amide bonds. The maximum Gasteiger partial charge on any atom is 0.165 e. The van der Waals surface area contributed by atoms with Crippen LogP contribution in [0.25, 0.3) is 0 Å². The highest BCUT2D eigenvalue weighted by Gasteiger charge is 2.17. The Labute approximate surface area is 94.3 Å². The molecule has 16 heavy (non-hydrogen) atoms. The summed E-state index contributed by atoms with van der Waals surface area (Å²) in [6.07, 6.45) is 2.93. The van der Waals surface area contributed by atoms with Crippen molar-refractivity contribution < 1.29 is 9.13 Å². The molecule has 4 heteroatoms. The average molecular weight is 222 g/mol. The summed E-state index contributed by atoms with van der Waals surface area (Å²) in [5, 5.41) is 7.86. The maximum absolute atomic E-state index is 13.2. The maximum atomic E-state index is 13.2. The predicted octanol–water partition coefficient (Wildman–Crippen LogP) is 2.80. The molecule has 2 rings (SSSR count). The smallest absolute Gasteiger partial charge is 0.165 e. The molecule has 0 spiro atoms. The van der Waals surface area contributed by atoms with Gasteiger partial charge in [-0.3, -0.25) is 5.41 Å². The van der Waals surface area contributed by atoms with Crippen LogP contribution in [0.3, 0.4) is 0 Å². The number of amidine groups is 1. The second-order valence-corrected chi connectivity index (χ2v) is 3.87. The molecule has 0 bridgehead atoms. The van der Waals surface area contributed by atoms with Crippen LogP contribution < -0.4 is 9.64 Å². The summed E-state index contributed by atoms with van der Waals surface area (Å²) < 4.78 is 18.2. The molecule has 1 heterocycles. The van der Waals surface area contributed by atoms with Crippen molar-refractivity contribution in [2.45, 2.75) is 19.3 Å². The Bertz CT molecular complexity index is 406. The van der Waals surface area contributed by atoms with E-state index in [0.29, 0.717) is 5.84 Å². The fourth-order valence-electron chi connectivity index (χ4n) is 1.93. The van der Waals surface area contributed by atoms with Gasteiger partial charge in [-0.2, -0.15) is 0 Å². The topological polar surface area (TPSA) is 36.3 Å². The van der Waals surface area contributed by atoms with E-state index in [1.165, 1.54) is 13.2 Å². The number of halogens is 1. The van der Waals surface area contributed by atoms with Crippen LogP contribution in [0.1, 0.15) is 19.3 Å². The van der Waals surface area contributed by atoms with Gasteiger partial charge in [-0.15, -0.1) is 0 Å². The van der Waals surface area contributed by atoms with E-state index in [4.69, 9.17) is 10.1 Å². The first-order chi connectivity index (χ1) is 7.72. The third kappa shape index (κ3) is 2.01. The highest BCUT2D eigenvalue weighted by atomic mass is 19.1. The van der Waals surface area contributed by atoms with E-state index in [2.05, 4.69) is 0 Å². The second-order valence-electron chi connectivity index (χ2n) is 3.87. The van der Waals surface area contributed by atoms with Crippen molar-refractivity contribution in [1.82, 2.24) is 0 Å². The summed E-state index contributed by atoms with van der Waals surface area (Å²) in [7, 11) is 1.45. The second kappa shape index (κ2) is 4.51. The molecule has 1 aromatic carbocycles. The normalized spacial score (nSPS) is 16.4. The van der Waals surface area contributed by atoms with E-state index in [1.54, 1.807) is 12.1 Å². The van der Waals surface area contributed by atoms with E-state index in [-0.39, 0.29) is 11.6 Å². The monoisotopic (exact) mass is 222 g/mol. The lowest BCUT2D eigenvalue weighted by Gasteiger charge is -2.29. The summed E-state index contributed by atoms with van der Waals surface area (Å²) in [6, 6.07) is 4.73. The number of anilines is 1. The van der Waals surface area contributed by atoms with Crippen LogP contribution in [0.2, 0.25) is 0 Å². The molecule has 86 valence electrons. The number of benzene rings is 1. The summed E-state index contributed by atoms with van der Waals surface area (Å²) in [5.74, 6) is 0.463. The van der Waals surface area contributed by atoms with Gasteiger partial charge in [0.25, 0.3) is 0 Å². The first-order valence-electron chi connectivity index (χ1n) is 5.41. The van der Waals surface area contributed by atoms with Gasteiger partial charge in [0.2, 0.25) is 0 Å². The molecule has 0 saturated carbocycles. The zero-order valence-electron chi connectivity index (χ0n) is 9.29. The van der Waals surface area contributed by atoms with Gasteiger partial charge in [-0.05, 0) is 25.0 Å². The van der Waals surface area contributed by atoms with Crippen molar-refractivity contribution in [3.05, 3.63) is 24.0 Å². The zero-order valence-corrected chi connectivity index (χ0v) is 9.29. The number of rotatable bonds is 2. The van der Waals surface area contributed by atoms with E-state index >= 15 is 0 Å². The van der Waals surface area contributed by atoms with Crippen molar-refractivity contribution in [2.24, 2.45) is 0 Å². The van der Waals surface area contributed by atoms with Crippen LogP contribution in [0.15, 0.2) is 18.2 Å². The van der Waals surface area contributed by atoms with E-state index < -0.39 is 0 Å². The molecule has 0 aliphatic carbocycles. The van der Waals surface area contributed by atoms with Crippen molar-refractivity contribution in [1.29, 1.82) is 5.41 Å². The van der Waals surface area contributed by atoms with Crippen LogP contribution >= 0.6 is 0 Å². The van der Waals surface area contributed by atoms with Crippen molar-refractivity contribution in [2.75, 3.05) is 18.6 Å². The van der Waals surface area contributed by atoms with E-state index in [1.807, 2.05) is 4.90 Å². The van der Waals surface area contributed by atoms with Crippen LogP contribution in [0.5, 0.6) is 5.75 Å². The first kappa shape index (κ1) is 10.9. The Kier molecular flexibility index (Phi) is 3.08. The van der Waals surface area contributed by atoms with Crippen LogP contribution in [-0.4, -0.2) is 19.5 Å². The minimum Gasteiger partial charge on any atom is -0.494 e. The molecule has 3 nitrogen and oxygen atoms in total. The molecular formula is C12H15FN2O. The van der Waals surface area contributed by atoms with Gasteiger partial charge in [0, 0.05) is 24.7 Å². The fraction of sp³-hybridized carbons (Fsp3) is 0.417. The summed E-state index contributed by atoms with van der Waals surface area (Å²) in [4.78, 5) is 1.91. The number of hydrogen-bond acceptors (Lipinski definition) is 2. The van der Waals surface area contributed by atoms with Gasteiger partial charge in [0.05, 0.1) is 7.11 Å². The lowest BCUT2D eigenvalue weighted by molar-refractivity contribution is 0.386. The van der Waals surface area contributed by atoms with Crippen LogP contribution in [-0.2, 0) is 0 Å². The third-order valence-electron chi connectivity index (χ3n) is 2.82. The number of piperidine rings is 1. The van der Waals surface area contributed by atoms with Gasteiger partial charge in [-0.1, -0.05) is 0 Å². The quantitative estimate of drug-likeness (QED) is 0.835. The molecule has 1 N–H and O–H groups in total. The molecule has 0 aromatic heterocycles. The molecule has 1 aliphatic rings. The first-order valence-corrected chi connectivity index (χ1v) is 5.41. The lowest BCUT2D eigenvalue weighted by atomic mass is 10.1. The average Bonchev–Trinajstić information content (AvgIpc) is 2.31. The molecule has 1 saturated heterocycles. The van der Waals surface area contributed by atoms with Crippen molar-refractivity contribution in [3.8, 4) is 5.75 Å². The minimum atomic E-state index is -0.366. The SMILES string of the molecule is COc1cc(N2CCCCC2=N)ccc1F. The third-order valence-corrected chi connectivity index (χ3v) is 2.82. The minimum absolute atomic E-state index is 0.232. The molecule has 1 aromatic rings. The van der Waals surface area contributed by atoms with E-state index in [0.717, 1.165) is 31.5 Å². The van der Waals surface area contributed by atoms with Crippen LogP contribution in [0.4, 0.5) is 10.1 Å². The van der Waals surface area contributed by atoms with E-state index in [9.17, 15) is 4.39 Å². The number of hydrogen-bond donors (Lipinski definition) is 1. The van der Waals surface area contributed by atoms with Gasteiger partial charge < -0.3 is 9.64 Å². The Morgan fingerprint density at radius 3 is 2.88 bits per heavy atom. The number of ether oxygens (including phenoxy) is 1. The standard InChI is InChI=1S/C12H15FN2O/c1-16-11-8-9(5-6-10(11)13)15-7-3-2-4-12(15)14/h5-6,8,14H,2-4,7H2,1H3. The Balaban J connectivity index is 2.29. The largest absolute Gasteiger partial charge is 0.494 e. The zero-order chi connectivity index (χ0) is 11.5. The van der Waals surface area contributed by atoms with Crippen LogP contribution in [0, 0.1) is 11.2 Å². The van der Waals surface area contributed by atoms with Gasteiger partial charge in [0.15, 0.2) is 11.6 Å². The summed E-state index contributed by atoms with van der Waals surface area (Å²) in [5.41, 5.74) is 0.836. The lowest BCUT2D eigenvalue weighted by Crippen LogP contribution is -2.34. The Morgan fingerprint density at radius 1 is 1.38 bits per heavy atom. The predicted molar refractivity (Wildman–Crippen MR) is 61.9 cm³/mol. The Hall–Kier alpha value is -1.58. The fourth-order valence-corrected chi connectivity index (χ4v) is 1.93. The number of methoxy groups -OCH3 is 1. The Morgan fingerprint density at radius 2 is 2.19 bits per heavy atom. The van der Waals surface area contributed by atoms with Crippen molar-refractivity contribution >= 4 is 11.5 Å². The molecule has 0 radical (unpaired) electrons. The molecular weight excluding hydrogens is 207 g/mol. The molecule has 1 fully saturated rings. The summed E-state index contributed by atoms with van der Waals surface area (Å²) >= 11 is 0. The van der Waals surface area contributed by atoms with Crippen molar-refractivity contribution in [3.63, 3.8) is 0 Å². The highest BCUT2D eigenvalue weighted by molar-refractivity contribution is 5.96. The number of nitrogens with zero attached hydrogens (tertiary/aromatic N) is 1. The molecule has 0 atom stereocenters. The van der Waals surface area contributed by atoms with Gasteiger partial charge >= 0.3 is 0 Å². The van der Waals surface area contributed by atoms with Gasteiger partial charge in [0.1, 0.15) is 5.84 Å². The number of nitrogens with one attached hydrogen (secondary N) is 1. The molecule has 0 unspecified atom stereocenters. The highest BCUT2D eigenvalue weighted by Crippen LogP contribution is 2.27. The summed E-state index contributed by atoms with van der Waals surface area (Å²) in [6.45, 7) is 0.827. The van der Waals surface area contributed by atoms with Gasteiger partial charge in [-0.25, -0.2) is 4.39 Å².